The molecule has 1 fully saturated rings. The van der Waals surface area contributed by atoms with Crippen LogP contribution in [0.2, 0.25) is 0 Å². The Morgan fingerprint density at radius 2 is 1.88 bits per heavy atom. The highest BCUT2D eigenvalue weighted by Crippen LogP contribution is 2.20. The Hall–Kier alpha value is -1.55. The zero-order chi connectivity index (χ0) is 17.7. The van der Waals surface area contributed by atoms with Crippen LogP contribution in [-0.4, -0.2) is 62.5 Å². The summed E-state index contributed by atoms with van der Waals surface area (Å²) in [6.45, 7) is 7.68. The van der Waals surface area contributed by atoms with Crippen molar-refractivity contribution in [3.63, 3.8) is 0 Å². The van der Waals surface area contributed by atoms with Crippen LogP contribution in [0.3, 0.4) is 0 Å². The number of benzene rings is 1. The van der Waals surface area contributed by atoms with E-state index < -0.39 is 0 Å². The molecule has 1 heterocycles. The minimum Gasteiger partial charge on any atom is -0.378 e. The smallest absolute Gasteiger partial charge is 0.222 e. The molecular weight excluding hydrogens is 298 g/mol. The second-order valence-electron chi connectivity index (χ2n) is 7.58. The van der Waals surface area contributed by atoms with Gasteiger partial charge in [-0.3, -0.25) is 4.79 Å². The number of hydrogen-bond donors (Lipinski definition) is 0. The Morgan fingerprint density at radius 3 is 2.42 bits per heavy atom. The molecule has 0 aliphatic carbocycles. The Kier molecular flexibility index (Phi) is 6.67. The van der Waals surface area contributed by atoms with Gasteiger partial charge in [-0.15, -0.1) is 0 Å². The van der Waals surface area contributed by atoms with E-state index in [2.05, 4.69) is 47.9 Å². The molecule has 1 aliphatic heterocycles. The second kappa shape index (κ2) is 8.52. The van der Waals surface area contributed by atoms with Gasteiger partial charge in [-0.2, -0.15) is 0 Å². The van der Waals surface area contributed by atoms with Crippen LogP contribution in [-0.2, 0) is 11.2 Å². The van der Waals surface area contributed by atoms with Crippen molar-refractivity contribution in [2.24, 2.45) is 5.92 Å². The van der Waals surface area contributed by atoms with E-state index in [-0.39, 0.29) is 5.91 Å². The maximum absolute atomic E-state index is 12.4. The van der Waals surface area contributed by atoms with Gasteiger partial charge in [0.1, 0.15) is 0 Å². The quantitative estimate of drug-likeness (QED) is 0.769. The fourth-order valence-corrected chi connectivity index (χ4v) is 3.37. The molecule has 0 radical (unpaired) electrons. The molecule has 24 heavy (non-hydrogen) atoms. The van der Waals surface area contributed by atoms with Crippen molar-refractivity contribution in [2.45, 2.75) is 39.2 Å². The van der Waals surface area contributed by atoms with E-state index in [9.17, 15) is 4.79 Å². The van der Waals surface area contributed by atoms with Crippen LogP contribution in [0.4, 0.5) is 5.69 Å². The molecule has 1 unspecified atom stereocenters. The standard InChI is InChI=1S/C20H33N3O/c1-16(2)23-13-12-18(15-23)14-22(5)20(24)11-8-17-6-9-19(10-7-17)21(3)4/h6-7,9-10,16,18H,8,11-15H2,1-5H3. The summed E-state index contributed by atoms with van der Waals surface area (Å²) in [4.78, 5) is 18.9. The molecular formula is C20H33N3O. The molecule has 0 saturated carbocycles. The lowest BCUT2D eigenvalue weighted by Crippen LogP contribution is -2.34. The van der Waals surface area contributed by atoms with Gasteiger partial charge < -0.3 is 14.7 Å². The van der Waals surface area contributed by atoms with Gasteiger partial charge in [0, 0.05) is 52.4 Å². The van der Waals surface area contributed by atoms with Crippen LogP contribution in [0.1, 0.15) is 32.3 Å². The number of carbonyl (C=O) groups is 1. The summed E-state index contributed by atoms with van der Waals surface area (Å²) in [6, 6.07) is 9.09. The van der Waals surface area contributed by atoms with E-state index in [1.54, 1.807) is 0 Å². The van der Waals surface area contributed by atoms with Crippen LogP contribution in [0.5, 0.6) is 0 Å². The molecule has 1 saturated heterocycles. The van der Waals surface area contributed by atoms with Gasteiger partial charge in [-0.05, 0) is 56.8 Å². The third-order valence-electron chi connectivity index (χ3n) is 5.09. The number of amides is 1. The first kappa shape index (κ1) is 18.8. The van der Waals surface area contributed by atoms with E-state index in [0.29, 0.717) is 18.4 Å². The molecule has 0 spiro atoms. The summed E-state index contributed by atoms with van der Waals surface area (Å²) >= 11 is 0. The van der Waals surface area contributed by atoms with Crippen LogP contribution in [0.25, 0.3) is 0 Å². The SMILES string of the molecule is CC(C)N1CCC(CN(C)C(=O)CCc2ccc(N(C)C)cc2)C1. The zero-order valence-corrected chi connectivity index (χ0v) is 16.0. The molecule has 4 heteroatoms. The molecule has 1 aromatic rings. The van der Waals surface area contributed by atoms with Crippen molar-refractivity contribution in [3.05, 3.63) is 29.8 Å². The van der Waals surface area contributed by atoms with Crippen molar-refractivity contribution in [2.75, 3.05) is 45.7 Å². The van der Waals surface area contributed by atoms with Crippen molar-refractivity contribution in [1.82, 2.24) is 9.80 Å². The first-order chi connectivity index (χ1) is 11.4. The van der Waals surface area contributed by atoms with E-state index in [0.717, 1.165) is 19.5 Å². The van der Waals surface area contributed by atoms with E-state index >= 15 is 0 Å². The van der Waals surface area contributed by atoms with Gasteiger partial charge >= 0.3 is 0 Å². The van der Waals surface area contributed by atoms with E-state index in [4.69, 9.17) is 0 Å². The zero-order valence-electron chi connectivity index (χ0n) is 16.0. The Balaban J connectivity index is 1.75. The number of carbonyl (C=O) groups excluding carboxylic acids is 1. The number of anilines is 1. The monoisotopic (exact) mass is 331 g/mol. The van der Waals surface area contributed by atoms with Crippen molar-refractivity contribution >= 4 is 11.6 Å². The Labute approximate surface area is 147 Å². The van der Waals surface area contributed by atoms with Gasteiger partial charge in [-0.1, -0.05) is 12.1 Å². The van der Waals surface area contributed by atoms with Crippen LogP contribution < -0.4 is 4.90 Å². The first-order valence-corrected chi connectivity index (χ1v) is 9.11. The van der Waals surface area contributed by atoms with Crippen LogP contribution >= 0.6 is 0 Å². The van der Waals surface area contributed by atoms with Gasteiger partial charge in [0.05, 0.1) is 0 Å². The second-order valence-corrected chi connectivity index (χ2v) is 7.58. The summed E-state index contributed by atoms with van der Waals surface area (Å²) < 4.78 is 0. The van der Waals surface area contributed by atoms with Gasteiger partial charge in [0.15, 0.2) is 0 Å². The Bertz CT molecular complexity index is 524. The number of rotatable bonds is 7. The lowest BCUT2D eigenvalue weighted by Gasteiger charge is -2.23. The lowest BCUT2D eigenvalue weighted by atomic mass is 10.1. The molecule has 1 aromatic carbocycles. The lowest BCUT2D eigenvalue weighted by molar-refractivity contribution is -0.130. The van der Waals surface area contributed by atoms with Gasteiger partial charge in [0.2, 0.25) is 5.91 Å². The molecule has 1 amide bonds. The fraction of sp³-hybridized carbons (Fsp3) is 0.650. The van der Waals surface area contributed by atoms with Crippen molar-refractivity contribution < 1.29 is 4.79 Å². The molecule has 0 N–H and O–H groups in total. The predicted octanol–water partition coefficient (Wildman–Crippen LogP) is 2.87. The topological polar surface area (TPSA) is 26.8 Å². The maximum atomic E-state index is 12.4. The number of hydrogen-bond acceptors (Lipinski definition) is 3. The van der Waals surface area contributed by atoms with Crippen molar-refractivity contribution in [3.8, 4) is 0 Å². The highest BCUT2D eigenvalue weighted by Gasteiger charge is 2.26. The minimum absolute atomic E-state index is 0.259. The number of aryl methyl sites for hydroxylation is 1. The highest BCUT2D eigenvalue weighted by atomic mass is 16.2. The van der Waals surface area contributed by atoms with E-state index in [1.807, 2.05) is 26.0 Å². The molecule has 4 nitrogen and oxygen atoms in total. The van der Waals surface area contributed by atoms with E-state index in [1.165, 1.54) is 24.2 Å². The van der Waals surface area contributed by atoms with Gasteiger partial charge in [-0.25, -0.2) is 0 Å². The summed E-state index contributed by atoms with van der Waals surface area (Å²) in [5.74, 6) is 0.885. The van der Waals surface area contributed by atoms with Crippen LogP contribution in [0, 0.1) is 5.92 Å². The number of likely N-dealkylation sites (tertiary alicyclic amines) is 1. The normalized spacial score (nSPS) is 18.2. The number of nitrogens with zero attached hydrogens (tertiary/aromatic N) is 3. The largest absolute Gasteiger partial charge is 0.378 e. The fourth-order valence-electron chi connectivity index (χ4n) is 3.37. The Morgan fingerprint density at radius 1 is 1.21 bits per heavy atom. The highest BCUT2D eigenvalue weighted by molar-refractivity contribution is 5.76. The maximum Gasteiger partial charge on any atom is 0.222 e. The van der Waals surface area contributed by atoms with Crippen molar-refractivity contribution in [1.29, 1.82) is 0 Å². The van der Waals surface area contributed by atoms with Gasteiger partial charge in [0.25, 0.3) is 0 Å². The summed E-state index contributed by atoms with van der Waals surface area (Å²) in [7, 11) is 6.03. The third-order valence-corrected chi connectivity index (χ3v) is 5.09. The molecule has 0 aromatic heterocycles. The molecule has 2 rings (SSSR count). The predicted molar refractivity (Wildman–Crippen MR) is 102 cm³/mol. The molecule has 0 bridgehead atoms. The molecule has 1 aliphatic rings. The summed E-state index contributed by atoms with van der Waals surface area (Å²) in [5, 5.41) is 0. The average molecular weight is 332 g/mol. The molecule has 1 atom stereocenters. The molecule has 134 valence electrons. The average Bonchev–Trinajstić information content (AvgIpc) is 3.01. The summed E-state index contributed by atoms with van der Waals surface area (Å²) in [5.41, 5.74) is 2.42. The third kappa shape index (κ3) is 5.23. The minimum atomic E-state index is 0.259. The first-order valence-electron chi connectivity index (χ1n) is 9.11. The summed E-state index contributed by atoms with van der Waals surface area (Å²) in [6.07, 6.45) is 2.62. The van der Waals surface area contributed by atoms with Crippen LogP contribution in [0.15, 0.2) is 24.3 Å².